The molecule has 0 aliphatic carbocycles. The van der Waals surface area contributed by atoms with Gasteiger partial charge in [0, 0.05) is 21.2 Å². The molecule has 126 valence electrons. The number of hydrogen-bond acceptors (Lipinski definition) is 4. The number of methoxy groups -OCH3 is 1. The van der Waals surface area contributed by atoms with Crippen LogP contribution in [0, 0.1) is 0 Å². The fraction of sp³-hybridized carbons (Fsp3) is 0.0526. The van der Waals surface area contributed by atoms with Gasteiger partial charge in [-0.2, -0.15) is 0 Å². The normalized spacial score (nSPS) is 11.0. The Bertz CT molecular complexity index is 978. The number of benzene rings is 2. The first-order valence-electron chi connectivity index (χ1n) is 7.43. The number of nitrogens with one attached hydrogen (secondary N) is 1. The Kier molecular flexibility index (Phi) is 5.16. The summed E-state index contributed by atoms with van der Waals surface area (Å²) in [6.45, 7) is 0. The van der Waals surface area contributed by atoms with Gasteiger partial charge in [-0.25, -0.2) is 4.79 Å². The zero-order valence-electron chi connectivity index (χ0n) is 13.3. The van der Waals surface area contributed by atoms with Crippen molar-refractivity contribution in [2.24, 2.45) is 0 Å². The average molecular weight is 372 g/mol. The molecule has 1 heterocycles. The number of halogens is 1. The lowest BCUT2D eigenvalue weighted by atomic mass is 10.1. The van der Waals surface area contributed by atoms with Crippen molar-refractivity contribution in [3.8, 4) is 0 Å². The highest BCUT2D eigenvalue weighted by Crippen LogP contribution is 2.36. The van der Waals surface area contributed by atoms with Gasteiger partial charge in [0.05, 0.1) is 7.11 Å². The number of esters is 1. The van der Waals surface area contributed by atoms with E-state index >= 15 is 0 Å². The van der Waals surface area contributed by atoms with Crippen molar-refractivity contribution in [3.63, 3.8) is 0 Å². The van der Waals surface area contributed by atoms with E-state index in [1.165, 1.54) is 24.5 Å². The molecule has 0 aliphatic heterocycles. The number of thiophene rings is 1. The molecule has 3 rings (SSSR count). The number of anilines is 1. The second kappa shape index (κ2) is 7.51. The molecule has 0 saturated heterocycles. The van der Waals surface area contributed by atoms with Crippen molar-refractivity contribution in [2.45, 2.75) is 0 Å². The third kappa shape index (κ3) is 3.73. The topological polar surface area (TPSA) is 55.4 Å². The summed E-state index contributed by atoms with van der Waals surface area (Å²) in [4.78, 5) is 24.4. The Morgan fingerprint density at radius 2 is 1.84 bits per heavy atom. The maximum absolute atomic E-state index is 12.3. The molecular formula is C19H14ClNO3S. The van der Waals surface area contributed by atoms with Crippen LogP contribution in [0.15, 0.2) is 54.6 Å². The van der Waals surface area contributed by atoms with Crippen molar-refractivity contribution < 1.29 is 14.3 Å². The van der Waals surface area contributed by atoms with Crippen molar-refractivity contribution in [1.29, 1.82) is 0 Å². The molecule has 3 aromatic rings. The van der Waals surface area contributed by atoms with Gasteiger partial charge in [-0.05, 0) is 23.8 Å². The van der Waals surface area contributed by atoms with Crippen molar-refractivity contribution in [1.82, 2.24) is 0 Å². The molecule has 0 bridgehead atoms. The zero-order chi connectivity index (χ0) is 17.8. The standard InChI is InChI=1S/C19H14ClNO3S/c1-24-19(23)17-13-7-3-5-9-15(13)25-18(17)21-16(22)11-10-12-6-2-4-8-14(12)20/h2-11H,1H3,(H,21,22). The van der Waals surface area contributed by atoms with Crippen LogP contribution in [0.3, 0.4) is 0 Å². The molecule has 1 N–H and O–H groups in total. The lowest BCUT2D eigenvalue weighted by Gasteiger charge is -2.03. The smallest absolute Gasteiger partial charge is 0.341 e. The fourth-order valence-electron chi connectivity index (χ4n) is 2.37. The van der Waals surface area contributed by atoms with E-state index in [2.05, 4.69) is 5.32 Å². The quantitative estimate of drug-likeness (QED) is 0.519. The molecule has 0 aliphatic rings. The molecule has 0 unspecified atom stereocenters. The van der Waals surface area contributed by atoms with Crippen LogP contribution in [-0.2, 0) is 9.53 Å². The van der Waals surface area contributed by atoms with E-state index in [0.717, 1.165) is 15.6 Å². The van der Waals surface area contributed by atoms with E-state index in [4.69, 9.17) is 16.3 Å². The largest absolute Gasteiger partial charge is 0.465 e. The maximum Gasteiger partial charge on any atom is 0.341 e. The van der Waals surface area contributed by atoms with E-state index in [1.54, 1.807) is 12.1 Å². The van der Waals surface area contributed by atoms with Crippen molar-refractivity contribution in [2.75, 3.05) is 12.4 Å². The summed E-state index contributed by atoms with van der Waals surface area (Å²) < 4.78 is 5.75. The van der Waals surface area contributed by atoms with Crippen LogP contribution < -0.4 is 5.32 Å². The molecule has 4 nitrogen and oxygen atoms in total. The number of hydrogen-bond donors (Lipinski definition) is 1. The Morgan fingerprint density at radius 3 is 2.60 bits per heavy atom. The molecule has 1 aromatic heterocycles. The van der Waals surface area contributed by atoms with Crippen LogP contribution >= 0.6 is 22.9 Å². The number of amides is 1. The van der Waals surface area contributed by atoms with E-state index in [-0.39, 0.29) is 5.91 Å². The lowest BCUT2D eigenvalue weighted by Crippen LogP contribution is -2.11. The monoisotopic (exact) mass is 371 g/mol. The minimum Gasteiger partial charge on any atom is -0.465 e. The first kappa shape index (κ1) is 17.2. The number of carbonyl (C=O) groups is 2. The lowest BCUT2D eigenvalue weighted by molar-refractivity contribution is -0.111. The number of rotatable bonds is 4. The average Bonchev–Trinajstić information content (AvgIpc) is 2.98. The van der Waals surface area contributed by atoms with Crippen LogP contribution in [-0.4, -0.2) is 19.0 Å². The van der Waals surface area contributed by atoms with Crippen LogP contribution in [0.4, 0.5) is 5.00 Å². The predicted octanol–water partition coefficient (Wildman–Crippen LogP) is 4.99. The Morgan fingerprint density at radius 1 is 1.12 bits per heavy atom. The SMILES string of the molecule is COC(=O)c1c(NC(=O)C=Cc2ccccc2Cl)sc2ccccc12. The first-order chi connectivity index (χ1) is 12.1. The molecule has 1 amide bonds. The van der Waals surface area contributed by atoms with Gasteiger partial charge < -0.3 is 10.1 Å². The van der Waals surface area contributed by atoms with Crippen LogP contribution in [0.1, 0.15) is 15.9 Å². The Balaban J connectivity index is 1.88. The van der Waals surface area contributed by atoms with Gasteiger partial charge in [-0.15, -0.1) is 11.3 Å². The summed E-state index contributed by atoms with van der Waals surface area (Å²) in [7, 11) is 1.32. The Hall–Kier alpha value is -2.63. The molecule has 25 heavy (non-hydrogen) atoms. The maximum atomic E-state index is 12.3. The summed E-state index contributed by atoms with van der Waals surface area (Å²) in [6.07, 6.45) is 3.01. The number of fused-ring (bicyclic) bond motifs is 1. The molecule has 0 fully saturated rings. The van der Waals surface area contributed by atoms with E-state index in [0.29, 0.717) is 15.6 Å². The molecule has 0 radical (unpaired) electrons. The van der Waals surface area contributed by atoms with Gasteiger partial charge in [-0.1, -0.05) is 48.0 Å². The molecule has 0 spiro atoms. The van der Waals surface area contributed by atoms with Gasteiger partial charge in [0.15, 0.2) is 0 Å². The third-order valence-electron chi connectivity index (χ3n) is 3.54. The van der Waals surface area contributed by atoms with Gasteiger partial charge in [-0.3, -0.25) is 4.79 Å². The molecule has 6 heteroatoms. The van der Waals surface area contributed by atoms with Gasteiger partial charge >= 0.3 is 5.97 Å². The minimum absolute atomic E-state index is 0.350. The highest BCUT2D eigenvalue weighted by Gasteiger charge is 2.20. The molecule has 0 atom stereocenters. The van der Waals surface area contributed by atoms with Crippen molar-refractivity contribution >= 4 is 56.0 Å². The number of carbonyl (C=O) groups excluding carboxylic acids is 2. The summed E-state index contributed by atoms with van der Waals surface area (Å²) in [5.41, 5.74) is 1.10. The van der Waals surface area contributed by atoms with Crippen LogP contribution in [0.25, 0.3) is 16.2 Å². The highest BCUT2D eigenvalue weighted by molar-refractivity contribution is 7.23. The highest BCUT2D eigenvalue weighted by atomic mass is 35.5. The van der Waals surface area contributed by atoms with Crippen molar-refractivity contribution in [3.05, 3.63) is 70.8 Å². The Labute approximate surface area is 153 Å². The molecule has 2 aromatic carbocycles. The van der Waals surface area contributed by atoms with E-state index < -0.39 is 5.97 Å². The molecule has 0 saturated carbocycles. The summed E-state index contributed by atoms with van der Waals surface area (Å²) >= 11 is 7.39. The van der Waals surface area contributed by atoms with Gasteiger partial charge in [0.25, 0.3) is 0 Å². The molecular weight excluding hydrogens is 358 g/mol. The van der Waals surface area contributed by atoms with Gasteiger partial charge in [0.2, 0.25) is 5.91 Å². The minimum atomic E-state index is -0.483. The van der Waals surface area contributed by atoms with Gasteiger partial charge in [0.1, 0.15) is 10.6 Å². The third-order valence-corrected chi connectivity index (χ3v) is 4.97. The zero-order valence-corrected chi connectivity index (χ0v) is 14.9. The number of ether oxygens (including phenoxy) is 1. The van der Waals surface area contributed by atoms with E-state index in [1.807, 2.05) is 42.5 Å². The fourth-order valence-corrected chi connectivity index (χ4v) is 3.66. The second-order valence-corrected chi connectivity index (χ2v) is 6.60. The first-order valence-corrected chi connectivity index (χ1v) is 8.63. The second-order valence-electron chi connectivity index (χ2n) is 5.14. The summed E-state index contributed by atoms with van der Waals surface area (Å²) in [5.74, 6) is -0.834. The van der Waals surface area contributed by atoms with E-state index in [9.17, 15) is 9.59 Å². The summed E-state index contributed by atoms with van der Waals surface area (Å²) in [6, 6.07) is 14.7. The predicted molar refractivity (Wildman–Crippen MR) is 102 cm³/mol. The van der Waals surface area contributed by atoms with Crippen LogP contribution in [0.2, 0.25) is 5.02 Å². The summed E-state index contributed by atoms with van der Waals surface area (Å²) in [5, 5.41) is 4.53. The van der Waals surface area contributed by atoms with Crippen LogP contribution in [0.5, 0.6) is 0 Å².